The Morgan fingerprint density at radius 2 is 1.27 bits per heavy atom. The van der Waals surface area contributed by atoms with Crippen LogP contribution >= 0.6 is 0 Å². The molecule has 0 unspecified atom stereocenters. The van der Waals surface area contributed by atoms with Gasteiger partial charge in [-0.3, -0.25) is 4.98 Å². The number of rotatable bonds is 4. The first kappa shape index (κ1) is 14.5. The molecule has 0 atom stereocenters. The Hall–Kier alpha value is -2.41. The number of aryl methyl sites for hydroxylation is 2. The fourth-order valence-electron chi connectivity index (χ4n) is 2.89. The van der Waals surface area contributed by atoms with Crippen molar-refractivity contribution in [1.82, 2.24) is 4.98 Å². The average molecular weight is 286 g/mol. The SMILES string of the molecule is CCc1[c]nc(CC)c(-c2ccccc2)c1-c1ccccc1. The third kappa shape index (κ3) is 2.67. The monoisotopic (exact) mass is 286 g/mol. The molecular weight excluding hydrogens is 266 g/mol. The van der Waals surface area contributed by atoms with Crippen LogP contribution in [0, 0.1) is 6.20 Å². The molecule has 22 heavy (non-hydrogen) atoms. The Morgan fingerprint density at radius 3 is 1.77 bits per heavy atom. The van der Waals surface area contributed by atoms with Crippen molar-refractivity contribution in [1.29, 1.82) is 0 Å². The number of nitrogens with zero attached hydrogens (tertiary/aromatic N) is 1. The van der Waals surface area contributed by atoms with Gasteiger partial charge in [0.2, 0.25) is 0 Å². The Labute approximate surface area is 132 Å². The molecule has 0 saturated carbocycles. The maximum absolute atomic E-state index is 4.61. The van der Waals surface area contributed by atoms with Crippen LogP contribution in [0.5, 0.6) is 0 Å². The van der Waals surface area contributed by atoms with Gasteiger partial charge in [0.05, 0.1) is 6.20 Å². The van der Waals surface area contributed by atoms with Gasteiger partial charge < -0.3 is 0 Å². The fraction of sp³-hybridized carbons (Fsp3) is 0.190. The first-order chi connectivity index (χ1) is 10.8. The molecule has 0 aliphatic heterocycles. The number of hydrogen-bond donors (Lipinski definition) is 0. The summed E-state index contributed by atoms with van der Waals surface area (Å²) in [5.41, 5.74) is 7.30. The standard InChI is InChI=1S/C21H20N/c1-3-16-15-22-19(4-2)21(18-13-9-6-10-14-18)20(16)17-11-7-5-8-12-17/h5-14H,3-4H2,1-2H3. The summed E-state index contributed by atoms with van der Waals surface area (Å²) in [7, 11) is 0. The van der Waals surface area contributed by atoms with Gasteiger partial charge >= 0.3 is 0 Å². The van der Waals surface area contributed by atoms with Crippen molar-refractivity contribution in [2.45, 2.75) is 26.7 Å². The van der Waals surface area contributed by atoms with Crippen LogP contribution in [0.1, 0.15) is 25.1 Å². The Kier molecular flexibility index (Phi) is 4.34. The van der Waals surface area contributed by atoms with E-state index in [2.05, 4.69) is 85.7 Å². The highest BCUT2D eigenvalue weighted by molar-refractivity contribution is 5.86. The van der Waals surface area contributed by atoms with Gasteiger partial charge in [-0.2, -0.15) is 0 Å². The lowest BCUT2D eigenvalue weighted by Crippen LogP contribution is -2.00. The molecular formula is C21H20N. The number of pyridine rings is 1. The minimum Gasteiger partial charge on any atom is -0.250 e. The molecule has 2 aromatic carbocycles. The molecule has 1 heteroatoms. The second-order valence-corrected chi connectivity index (χ2v) is 5.34. The lowest BCUT2D eigenvalue weighted by atomic mass is 9.89. The Bertz CT molecular complexity index is 679. The van der Waals surface area contributed by atoms with E-state index in [1.807, 2.05) is 0 Å². The average Bonchev–Trinajstić information content (AvgIpc) is 2.61. The molecule has 0 aliphatic rings. The van der Waals surface area contributed by atoms with Gasteiger partial charge in [0, 0.05) is 11.3 Å². The summed E-state index contributed by atoms with van der Waals surface area (Å²) in [6.07, 6.45) is 5.10. The lowest BCUT2D eigenvalue weighted by Gasteiger charge is -2.17. The maximum atomic E-state index is 4.61. The quantitative estimate of drug-likeness (QED) is 0.631. The van der Waals surface area contributed by atoms with Crippen molar-refractivity contribution in [3.05, 3.63) is 78.1 Å². The van der Waals surface area contributed by atoms with Crippen molar-refractivity contribution < 1.29 is 0 Å². The molecule has 0 fully saturated rings. The minimum absolute atomic E-state index is 0.907. The zero-order valence-electron chi connectivity index (χ0n) is 13.1. The molecule has 3 aromatic rings. The number of benzene rings is 2. The van der Waals surface area contributed by atoms with E-state index in [0.717, 1.165) is 18.5 Å². The molecule has 109 valence electrons. The highest BCUT2D eigenvalue weighted by atomic mass is 14.7. The van der Waals surface area contributed by atoms with Crippen LogP contribution < -0.4 is 0 Å². The van der Waals surface area contributed by atoms with E-state index < -0.39 is 0 Å². The van der Waals surface area contributed by atoms with E-state index in [9.17, 15) is 0 Å². The second-order valence-electron chi connectivity index (χ2n) is 5.34. The predicted molar refractivity (Wildman–Crippen MR) is 92.7 cm³/mol. The van der Waals surface area contributed by atoms with E-state index in [1.165, 1.54) is 27.8 Å². The predicted octanol–water partition coefficient (Wildman–Crippen LogP) is 5.34. The van der Waals surface area contributed by atoms with E-state index >= 15 is 0 Å². The summed E-state index contributed by atoms with van der Waals surface area (Å²) in [6, 6.07) is 21.2. The summed E-state index contributed by atoms with van der Waals surface area (Å²) in [6.45, 7) is 4.32. The first-order valence-electron chi connectivity index (χ1n) is 7.89. The highest BCUT2D eigenvalue weighted by Crippen LogP contribution is 2.36. The number of hydrogen-bond acceptors (Lipinski definition) is 1. The van der Waals surface area contributed by atoms with Crippen molar-refractivity contribution in [2.24, 2.45) is 0 Å². The van der Waals surface area contributed by atoms with Gasteiger partial charge in [-0.15, -0.1) is 0 Å². The first-order valence-corrected chi connectivity index (χ1v) is 7.89. The topological polar surface area (TPSA) is 12.9 Å². The smallest absolute Gasteiger partial charge is 0.0931 e. The fourth-order valence-corrected chi connectivity index (χ4v) is 2.89. The summed E-state index contributed by atoms with van der Waals surface area (Å²) < 4.78 is 0. The molecule has 1 aromatic heterocycles. The van der Waals surface area contributed by atoms with Crippen molar-refractivity contribution in [3.63, 3.8) is 0 Å². The van der Waals surface area contributed by atoms with Gasteiger partial charge in [0.1, 0.15) is 0 Å². The van der Waals surface area contributed by atoms with E-state index in [4.69, 9.17) is 0 Å². The molecule has 0 spiro atoms. The van der Waals surface area contributed by atoms with Crippen LogP contribution in [0.15, 0.2) is 60.7 Å². The highest BCUT2D eigenvalue weighted by Gasteiger charge is 2.16. The van der Waals surface area contributed by atoms with Crippen LogP contribution in [0.3, 0.4) is 0 Å². The Balaban J connectivity index is 2.35. The summed E-state index contributed by atoms with van der Waals surface area (Å²) in [5.74, 6) is 0. The van der Waals surface area contributed by atoms with Crippen LogP contribution in [0.2, 0.25) is 0 Å². The van der Waals surface area contributed by atoms with Crippen molar-refractivity contribution >= 4 is 0 Å². The molecule has 0 bridgehead atoms. The van der Waals surface area contributed by atoms with Gasteiger partial charge in [0.25, 0.3) is 0 Å². The molecule has 0 N–H and O–H groups in total. The molecule has 0 amide bonds. The van der Waals surface area contributed by atoms with Gasteiger partial charge in [-0.05, 0) is 35.1 Å². The van der Waals surface area contributed by atoms with Crippen LogP contribution in [0.25, 0.3) is 22.3 Å². The van der Waals surface area contributed by atoms with Gasteiger partial charge in [0.15, 0.2) is 0 Å². The molecule has 1 nitrogen and oxygen atoms in total. The van der Waals surface area contributed by atoms with Crippen LogP contribution in [-0.2, 0) is 12.8 Å². The third-order valence-electron chi connectivity index (χ3n) is 3.98. The van der Waals surface area contributed by atoms with E-state index in [1.54, 1.807) is 0 Å². The largest absolute Gasteiger partial charge is 0.250 e. The maximum Gasteiger partial charge on any atom is 0.0931 e. The number of aromatic nitrogens is 1. The van der Waals surface area contributed by atoms with Crippen LogP contribution in [0.4, 0.5) is 0 Å². The zero-order chi connectivity index (χ0) is 15.4. The summed E-state index contributed by atoms with van der Waals surface area (Å²) in [5, 5.41) is 0. The van der Waals surface area contributed by atoms with Crippen molar-refractivity contribution in [3.8, 4) is 22.3 Å². The molecule has 3 rings (SSSR count). The normalized spacial score (nSPS) is 10.6. The second kappa shape index (κ2) is 6.57. The van der Waals surface area contributed by atoms with E-state index in [-0.39, 0.29) is 0 Å². The van der Waals surface area contributed by atoms with E-state index in [0.29, 0.717) is 0 Å². The molecule has 0 aliphatic carbocycles. The molecule has 0 saturated heterocycles. The zero-order valence-corrected chi connectivity index (χ0v) is 13.1. The molecule has 1 heterocycles. The van der Waals surface area contributed by atoms with Gasteiger partial charge in [-0.1, -0.05) is 74.5 Å². The van der Waals surface area contributed by atoms with Crippen molar-refractivity contribution in [2.75, 3.05) is 0 Å². The van der Waals surface area contributed by atoms with Crippen LogP contribution in [-0.4, -0.2) is 4.98 Å². The lowest BCUT2D eigenvalue weighted by molar-refractivity contribution is 1.00. The summed E-state index contributed by atoms with van der Waals surface area (Å²) in [4.78, 5) is 4.61. The Morgan fingerprint density at radius 1 is 0.727 bits per heavy atom. The minimum atomic E-state index is 0.907. The summed E-state index contributed by atoms with van der Waals surface area (Å²) >= 11 is 0. The van der Waals surface area contributed by atoms with Gasteiger partial charge in [-0.25, -0.2) is 0 Å². The molecule has 1 radical (unpaired) electrons. The third-order valence-corrected chi connectivity index (χ3v) is 3.98.